The van der Waals surface area contributed by atoms with Gasteiger partial charge in [-0.3, -0.25) is 0 Å². The summed E-state index contributed by atoms with van der Waals surface area (Å²) in [5.74, 6) is 1.42. The molecule has 1 aliphatic rings. The molecule has 0 amide bonds. The molecule has 0 saturated carbocycles. The van der Waals surface area contributed by atoms with Crippen molar-refractivity contribution in [2.75, 3.05) is 12.1 Å². The monoisotopic (exact) mass is 367 g/mol. The zero-order valence-corrected chi connectivity index (χ0v) is 13.9. The van der Waals surface area contributed by atoms with E-state index in [0.29, 0.717) is 10.8 Å². The van der Waals surface area contributed by atoms with Crippen molar-refractivity contribution in [2.24, 2.45) is 0 Å². The lowest BCUT2D eigenvalue weighted by Gasteiger charge is -2.20. The van der Waals surface area contributed by atoms with Gasteiger partial charge in [0.05, 0.1) is 16.8 Å². The Bertz CT molecular complexity index is 663. The number of hydrogen-bond acceptors (Lipinski definition) is 3. The molecule has 21 heavy (non-hydrogen) atoms. The van der Waals surface area contributed by atoms with Crippen LogP contribution in [0.1, 0.15) is 24.9 Å². The third-order valence-electron chi connectivity index (χ3n) is 3.45. The van der Waals surface area contributed by atoms with Gasteiger partial charge in [0.25, 0.3) is 0 Å². The Morgan fingerprint density at radius 1 is 1.24 bits per heavy atom. The zero-order chi connectivity index (χ0) is 14.8. The van der Waals surface area contributed by atoms with E-state index in [4.69, 9.17) is 21.1 Å². The third-order valence-corrected chi connectivity index (χ3v) is 4.26. The van der Waals surface area contributed by atoms with Crippen molar-refractivity contribution in [3.63, 3.8) is 0 Å². The molecule has 0 radical (unpaired) electrons. The van der Waals surface area contributed by atoms with Crippen LogP contribution >= 0.6 is 27.5 Å². The number of ether oxygens (including phenoxy) is 2. The lowest BCUT2D eigenvalue weighted by atomic mass is 10.0. The Labute approximate surface area is 137 Å². The van der Waals surface area contributed by atoms with Gasteiger partial charge in [0.2, 0.25) is 6.79 Å². The second-order valence-electron chi connectivity index (χ2n) is 4.85. The minimum Gasteiger partial charge on any atom is -0.454 e. The van der Waals surface area contributed by atoms with Crippen LogP contribution in [-0.2, 0) is 0 Å². The summed E-state index contributed by atoms with van der Waals surface area (Å²) in [5, 5.41) is 4.11. The molecule has 1 N–H and O–H groups in total. The average Bonchev–Trinajstić information content (AvgIpc) is 2.91. The highest BCUT2D eigenvalue weighted by molar-refractivity contribution is 9.10. The molecule has 3 rings (SSSR count). The number of hydrogen-bond donors (Lipinski definition) is 1. The quantitative estimate of drug-likeness (QED) is 0.784. The van der Waals surface area contributed by atoms with E-state index in [1.807, 2.05) is 18.2 Å². The Kier molecular flexibility index (Phi) is 4.27. The molecule has 2 aromatic rings. The third kappa shape index (κ3) is 3.11. The molecule has 1 atom stereocenters. The molecule has 2 aromatic carbocycles. The fraction of sp³-hybridized carbons (Fsp3) is 0.250. The average molecular weight is 369 g/mol. The topological polar surface area (TPSA) is 30.5 Å². The number of benzene rings is 2. The summed E-state index contributed by atoms with van der Waals surface area (Å²) < 4.78 is 11.8. The van der Waals surface area contributed by atoms with E-state index in [-0.39, 0.29) is 12.8 Å². The van der Waals surface area contributed by atoms with Crippen molar-refractivity contribution >= 4 is 33.2 Å². The van der Waals surface area contributed by atoms with Crippen LogP contribution in [0.4, 0.5) is 5.69 Å². The molecule has 1 unspecified atom stereocenters. The van der Waals surface area contributed by atoms with Gasteiger partial charge in [0, 0.05) is 16.6 Å². The van der Waals surface area contributed by atoms with Crippen LogP contribution in [0.3, 0.4) is 0 Å². The summed E-state index contributed by atoms with van der Waals surface area (Å²) in [6.07, 6.45) is 0.946. The van der Waals surface area contributed by atoms with Crippen LogP contribution in [0.15, 0.2) is 40.9 Å². The van der Waals surface area contributed by atoms with Gasteiger partial charge in [-0.15, -0.1) is 0 Å². The molecule has 1 aliphatic heterocycles. The van der Waals surface area contributed by atoms with Gasteiger partial charge in [-0.2, -0.15) is 0 Å². The highest BCUT2D eigenvalue weighted by Crippen LogP contribution is 2.40. The Morgan fingerprint density at radius 2 is 2.00 bits per heavy atom. The lowest BCUT2D eigenvalue weighted by molar-refractivity contribution is 0.174. The molecule has 0 bridgehead atoms. The van der Waals surface area contributed by atoms with Crippen LogP contribution in [0.25, 0.3) is 0 Å². The molecular weight excluding hydrogens is 354 g/mol. The Balaban J connectivity index is 1.87. The van der Waals surface area contributed by atoms with Crippen molar-refractivity contribution in [1.29, 1.82) is 0 Å². The highest BCUT2D eigenvalue weighted by Gasteiger charge is 2.18. The van der Waals surface area contributed by atoms with Gasteiger partial charge in [-0.25, -0.2) is 0 Å². The molecule has 0 saturated heterocycles. The smallest absolute Gasteiger partial charge is 0.231 e. The van der Waals surface area contributed by atoms with Gasteiger partial charge in [0.1, 0.15) is 0 Å². The second kappa shape index (κ2) is 6.16. The van der Waals surface area contributed by atoms with Crippen molar-refractivity contribution in [1.82, 2.24) is 0 Å². The fourth-order valence-electron chi connectivity index (χ4n) is 2.36. The maximum Gasteiger partial charge on any atom is 0.231 e. The zero-order valence-electron chi connectivity index (χ0n) is 11.5. The van der Waals surface area contributed by atoms with E-state index < -0.39 is 0 Å². The van der Waals surface area contributed by atoms with Gasteiger partial charge < -0.3 is 14.8 Å². The van der Waals surface area contributed by atoms with E-state index >= 15 is 0 Å². The molecule has 3 nitrogen and oxygen atoms in total. The second-order valence-corrected chi connectivity index (χ2v) is 6.17. The molecule has 5 heteroatoms. The first-order chi connectivity index (χ1) is 10.2. The first-order valence-corrected chi connectivity index (χ1v) is 7.95. The Hall–Kier alpha value is -1.39. The molecule has 0 fully saturated rings. The SMILES string of the molecule is CCC(Nc1cc2c(cc1Cl)OCO2)c1cccc(Br)c1. The minimum absolute atomic E-state index is 0.181. The first-order valence-electron chi connectivity index (χ1n) is 6.78. The van der Waals surface area contributed by atoms with E-state index in [2.05, 4.69) is 40.3 Å². The number of halogens is 2. The van der Waals surface area contributed by atoms with Gasteiger partial charge >= 0.3 is 0 Å². The summed E-state index contributed by atoms with van der Waals surface area (Å²) in [5.41, 5.74) is 2.06. The van der Waals surface area contributed by atoms with E-state index in [1.165, 1.54) is 5.56 Å². The summed E-state index contributed by atoms with van der Waals surface area (Å²) in [6, 6.07) is 12.1. The molecule has 0 aliphatic carbocycles. The fourth-order valence-corrected chi connectivity index (χ4v) is 2.99. The maximum atomic E-state index is 6.32. The first kappa shape index (κ1) is 14.5. The van der Waals surface area contributed by atoms with Crippen LogP contribution in [-0.4, -0.2) is 6.79 Å². The van der Waals surface area contributed by atoms with E-state index in [0.717, 1.165) is 22.3 Å². The largest absolute Gasteiger partial charge is 0.454 e. The molecular formula is C16H15BrClNO2. The van der Waals surface area contributed by atoms with Crippen molar-refractivity contribution in [2.45, 2.75) is 19.4 Å². The van der Waals surface area contributed by atoms with Crippen molar-refractivity contribution in [3.8, 4) is 11.5 Å². The highest BCUT2D eigenvalue weighted by atomic mass is 79.9. The molecule has 110 valence electrons. The number of rotatable bonds is 4. The van der Waals surface area contributed by atoms with Crippen molar-refractivity contribution in [3.05, 3.63) is 51.5 Å². The summed E-state index contributed by atoms with van der Waals surface area (Å²) in [4.78, 5) is 0. The maximum absolute atomic E-state index is 6.32. The lowest BCUT2D eigenvalue weighted by Crippen LogP contribution is -2.10. The molecule has 0 spiro atoms. The van der Waals surface area contributed by atoms with E-state index in [9.17, 15) is 0 Å². The summed E-state index contributed by atoms with van der Waals surface area (Å²) >= 11 is 9.83. The van der Waals surface area contributed by atoms with Crippen LogP contribution in [0.2, 0.25) is 5.02 Å². The minimum atomic E-state index is 0.181. The van der Waals surface area contributed by atoms with Crippen LogP contribution < -0.4 is 14.8 Å². The Morgan fingerprint density at radius 3 is 2.71 bits per heavy atom. The molecule has 0 aromatic heterocycles. The standard InChI is InChI=1S/C16H15BrClNO2/c1-2-13(10-4-3-5-11(17)6-10)19-14-8-16-15(7-12(14)18)20-9-21-16/h3-8,13,19H,2,9H2,1H3. The summed E-state index contributed by atoms with van der Waals surface area (Å²) in [7, 11) is 0. The van der Waals surface area contributed by atoms with Crippen molar-refractivity contribution < 1.29 is 9.47 Å². The van der Waals surface area contributed by atoms with Gasteiger partial charge in [-0.05, 0) is 24.1 Å². The number of nitrogens with one attached hydrogen (secondary N) is 1. The van der Waals surface area contributed by atoms with Gasteiger partial charge in [0.15, 0.2) is 11.5 Å². The number of anilines is 1. The van der Waals surface area contributed by atoms with E-state index in [1.54, 1.807) is 6.07 Å². The predicted molar refractivity (Wildman–Crippen MR) is 88.4 cm³/mol. The molecule has 1 heterocycles. The van der Waals surface area contributed by atoms with Crippen LogP contribution in [0, 0.1) is 0 Å². The van der Waals surface area contributed by atoms with Gasteiger partial charge in [-0.1, -0.05) is 46.6 Å². The number of fused-ring (bicyclic) bond motifs is 1. The summed E-state index contributed by atoms with van der Waals surface area (Å²) in [6.45, 7) is 2.39. The normalized spacial score (nSPS) is 14.0. The van der Waals surface area contributed by atoms with Crippen LogP contribution in [0.5, 0.6) is 11.5 Å². The predicted octanol–water partition coefficient (Wildman–Crippen LogP) is 5.39.